The van der Waals surface area contributed by atoms with E-state index in [4.69, 9.17) is 0 Å². The van der Waals surface area contributed by atoms with Crippen molar-refractivity contribution in [2.75, 3.05) is 25.0 Å². The Hall–Kier alpha value is -2.67. The summed E-state index contributed by atoms with van der Waals surface area (Å²) in [6.45, 7) is 1.47. The molecular weight excluding hydrogens is 338 g/mol. The second-order valence-corrected chi connectivity index (χ2v) is 6.70. The predicted octanol–water partition coefficient (Wildman–Crippen LogP) is 2.35. The van der Waals surface area contributed by atoms with Crippen molar-refractivity contribution in [2.45, 2.75) is 12.8 Å². The third-order valence-corrected chi connectivity index (χ3v) is 4.89. The minimum Gasteiger partial charge on any atom is -0.343 e. The highest BCUT2D eigenvalue weighted by molar-refractivity contribution is 7.12. The van der Waals surface area contributed by atoms with Crippen LogP contribution in [0.2, 0.25) is 0 Å². The van der Waals surface area contributed by atoms with Crippen molar-refractivity contribution < 1.29 is 14.4 Å². The molecule has 2 aromatic rings. The molecular formula is C18H19N3O3S. The minimum atomic E-state index is -0.380. The van der Waals surface area contributed by atoms with Crippen molar-refractivity contribution in [3.8, 4) is 0 Å². The lowest BCUT2D eigenvalue weighted by atomic mass is 10.1. The number of anilines is 1. The maximum atomic E-state index is 12.4. The summed E-state index contributed by atoms with van der Waals surface area (Å²) >= 11 is 1.33. The first-order chi connectivity index (χ1) is 12.1. The third-order valence-electron chi connectivity index (χ3n) is 4.02. The van der Waals surface area contributed by atoms with Crippen molar-refractivity contribution in [3.05, 3.63) is 52.2 Å². The Morgan fingerprint density at radius 3 is 2.48 bits per heavy atom. The lowest BCUT2D eigenvalue weighted by Gasteiger charge is -2.16. The number of rotatable bonds is 5. The Labute approximate surface area is 149 Å². The summed E-state index contributed by atoms with van der Waals surface area (Å²) in [4.78, 5) is 39.0. The molecule has 0 bridgehead atoms. The molecule has 1 aliphatic rings. The fraction of sp³-hybridized carbons (Fsp3) is 0.278. The van der Waals surface area contributed by atoms with Gasteiger partial charge < -0.3 is 15.5 Å². The summed E-state index contributed by atoms with van der Waals surface area (Å²) in [5.41, 5.74) is 0.758. The lowest BCUT2D eigenvalue weighted by Crippen LogP contribution is -2.38. The number of likely N-dealkylation sites (tertiary alicyclic amines) is 1. The van der Waals surface area contributed by atoms with Gasteiger partial charge in [0.05, 0.1) is 22.7 Å². The van der Waals surface area contributed by atoms with E-state index in [-0.39, 0.29) is 24.3 Å². The van der Waals surface area contributed by atoms with Crippen LogP contribution in [-0.4, -0.2) is 42.3 Å². The minimum absolute atomic E-state index is 0.0357. The molecule has 0 aliphatic carbocycles. The number of carbonyl (C=O) groups is 3. The van der Waals surface area contributed by atoms with Crippen molar-refractivity contribution in [2.24, 2.45) is 0 Å². The van der Waals surface area contributed by atoms with E-state index in [1.54, 1.807) is 41.3 Å². The highest BCUT2D eigenvalue weighted by Gasteiger charge is 2.19. The highest BCUT2D eigenvalue weighted by atomic mass is 32.1. The van der Waals surface area contributed by atoms with Gasteiger partial charge in [0.25, 0.3) is 11.8 Å². The lowest BCUT2D eigenvalue weighted by molar-refractivity contribution is -0.129. The van der Waals surface area contributed by atoms with Gasteiger partial charge in [-0.2, -0.15) is 0 Å². The first-order valence-electron chi connectivity index (χ1n) is 8.15. The number of nitrogens with one attached hydrogen (secondary N) is 2. The molecule has 1 aliphatic heterocycles. The molecule has 0 spiro atoms. The largest absolute Gasteiger partial charge is 0.343 e. The van der Waals surface area contributed by atoms with Crippen LogP contribution in [0.5, 0.6) is 0 Å². The maximum absolute atomic E-state index is 12.4. The molecule has 0 radical (unpaired) electrons. The summed E-state index contributed by atoms with van der Waals surface area (Å²) in [6.07, 6.45) is 2.02. The zero-order chi connectivity index (χ0) is 17.6. The fourth-order valence-corrected chi connectivity index (χ4v) is 3.33. The molecule has 130 valence electrons. The molecule has 1 saturated heterocycles. The quantitative estimate of drug-likeness (QED) is 0.862. The van der Waals surface area contributed by atoms with Crippen LogP contribution in [0.25, 0.3) is 0 Å². The van der Waals surface area contributed by atoms with Crippen molar-refractivity contribution >= 4 is 34.7 Å². The topological polar surface area (TPSA) is 78.5 Å². The van der Waals surface area contributed by atoms with Gasteiger partial charge in [0, 0.05) is 13.1 Å². The van der Waals surface area contributed by atoms with Crippen LogP contribution in [-0.2, 0) is 4.79 Å². The number of amides is 3. The molecule has 25 heavy (non-hydrogen) atoms. The zero-order valence-electron chi connectivity index (χ0n) is 13.7. The van der Waals surface area contributed by atoms with E-state index in [0.717, 1.165) is 25.9 Å². The summed E-state index contributed by atoms with van der Waals surface area (Å²) in [7, 11) is 0. The van der Waals surface area contributed by atoms with E-state index < -0.39 is 0 Å². The maximum Gasteiger partial charge on any atom is 0.265 e. The fourth-order valence-electron chi connectivity index (χ4n) is 2.71. The molecule has 3 amide bonds. The summed E-state index contributed by atoms with van der Waals surface area (Å²) in [5.74, 6) is -0.719. The molecule has 3 rings (SSSR count). The third kappa shape index (κ3) is 4.24. The van der Waals surface area contributed by atoms with Gasteiger partial charge in [-0.25, -0.2) is 0 Å². The Morgan fingerprint density at radius 1 is 1.00 bits per heavy atom. The molecule has 1 aromatic heterocycles. The Morgan fingerprint density at radius 2 is 1.76 bits per heavy atom. The van der Waals surface area contributed by atoms with Crippen LogP contribution in [0.4, 0.5) is 5.69 Å². The number of hydrogen-bond acceptors (Lipinski definition) is 4. The molecule has 6 nitrogen and oxygen atoms in total. The van der Waals surface area contributed by atoms with Crippen molar-refractivity contribution in [1.82, 2.24) is 10.2 Å². The molecule has 7 heteroatoms. The van der Waals surface area contributed by atoms with Crippen LogP contribution < -0.4 is 10.6 Å². The smallest absolute Gasteiger partial charge is 0.265 e. The normalized spacial score (nSPS) is 13.5. The van der Waals surface area contributed by atoms with Crippen LogP contribution >= 0.6 is 11.3 Å². The van der Waals surface area contributed by atoms with Crippen LogP contribution in [0, 0.1) is 0 Å². The second-order valence-electron chi connectivity index (χ2n) is 5.75. The molecule has 1 fully saturated rings. The number of thiophene rings is 1. The molecule has 0 saturated carbocycles. The molecule has 2 N–H and O–H groups in total. The van der Waals surface area contributed by atoms with E-state index >= 15 is 0 Å². The van der Waals surface area contributed by atoms with Gasteiger partial charge in [0.15, 0.2) is 0 Å². The van der Waals surface area contributed by atoms with E-state index in [1.165, 1.54) is 11.3 Å². The van der Waals surface area contributed by atoms with E-state index in [2.05, 4.69) is 10.6 Å². The first kappa shape index (κ1) is 17.2. The van der Waals surface area contributed by atoms with Gasteiger partial charge in [-0.05, 0) is 36.4 Å². The van der Waals surface area contributed by atoms with Gasteiger partial charge in [-0.3, -0.25) is 14.4 Å². The van der Waals surface area contributed by atoms with Gasteiger partial charge in [0.1, 0.15) is 0 Å². The van der Waals surface area contributed by atoms with Gasteiger partial charge in [-0.15, -0.1) is 11.3 Å². The predicted molar refractivity (Wildman–Crippen MR) is 96.9 cm³/mol. The highest BCUT2D eigenvalue weighted by Crippen LogP contribution is 2.18. The number of benzene rings is 1. The average molecular weight is 357 g/mol. The van der Waals surface area contributed by atoms with Gasteiger partial charge >= 0.3 is 0 Å². The van der Waals surface area contributed by atoms with Crippen LogP contribution in [0.15, 0.2) is 41.8 Å². The number of para-hydroxylation sites is 1. The molecule has 1 aromatic carbocycles. The molecule has 0 unspecified atom stereocenters. The van der Waals surface area contributed by atoms with Crippen LogP contribution in [0.3, 0.4) is 0 Å². The SMILES string of the molecule is O=C(Nc1ccccc1C(=O)NCC(=O)N1CCCC1)c1cccs1. The Kier molecular flexibility index (Phi) is 5.45. The standard InChI is InChI=1S/C18H19N3O3S/c22-16(21-9-3-4-10-21)12-19-17(23)13-6-1-2-7-14(13)20-18(24)15-8-5-11-25-15/h1-2,5-8,11H,3-4,9-10,12H2,(H,19,23)(H,20,24). The second kappa shape index (κ2) is 7.94. The van der Waals surface area contributed by atoms with Crippen molar-refractivity contribution in [3.63, 3.8) is 0 Å². The first-order valence-corrected chi connectivity index (χ1v) is 9.03. The Bertz CT molecular complexity index is 768. The van der Waals surface area contributed by atoms with E-state index in [9.17, 15) is 14.4 Å². The zero-order valence-corrected chi connectivity index (χ0v) is 14.5. The summed E-state index contributed by atoms with van der Waals surface area (Å²) < 4.78 is 0. The van der Waals surface area contributed by atoms with Gasteiger partial charge in [-0.1, -0.05) is 18.2 Å². The number of carbonyl (C=O) groups excluding carboxylic acids is 3. The van der Waals surface area contributed by atoms with E-state index in [0.29, 0.717) is 16.1 Å². The number of nitrogens with zero attached hydrogens (tertiary/aromatic N) is 1. The van der Waals surface area contributed by atoms with Gasteiger partial charge in [0.2, 0.25) is 5.91 Å². The average Bonchev–Trinajstić information content (AvgIpc) is 3.33. The number of hydrogen-bond donors (Lipinski definition) is 2. The molecule has 0 atom stereocenters. The van der Waals surface area contributed by atoms with Crippen molar-refractivity contribution in [1.29, 1.82) is 0 Å². The van der Waals surface area contributed by atoms with E-state index in [1.807, 2.05) is 5.38 Å². The molecule has 2 heterocycles. The summed E-state index contributed by atoms with van der Waals surface area (Å²) in [6, 6.07) is 10.3. The Balaban J connectivity index is 1.64. The van der Waals surface area contributed by atoms with Crippen LogP contribution in [0.1, 0.15) is 32.9 Å². The summed E-state index contributed by atoms with van der Waals surface area (Å²) in [5, 5.41) is 7.21. The monoisotopic (exact) mass is 357 g/mol.